The van der Waals surface area contributed by atoms with Crippen molar-refractivity contribution in [3.8, 4) is 17.1 Å². The molecule has 1 heterocycles. The van der Waals surface area contributed by atoms with Crippen molar-refractivity contribution in [2.24, 2.45) is 0 Å². The maximum absolute atomic E-state index is 13.2. The molecular formula is C10H5BrFNO4. The predicted molar refractivity (Wildman–Crippen MR) is 58.2 cm³/mol. The molecule has 1 aromatic heterocycles. The summed E-state index contributed by atoms with van der Waals surface area (Å²) in [5.41, 5.74) is -0.00298. The van der Waals surface area contributed by atoms with Crippen LogP contribution in [0.2, 0.25) is 0 Å². The Morgan fingerprint density at radius 3 is 2.65 bits per heavy atom. The number of nitrogens with zero attached hydrogens (tertiary/aromatic N) is 1. The number of aromatic carboxylic acids is 1. The van der Waals surface area contributed by atoms with Crippen LogP contribution in [0.5, 0.6) is 5.75 Å². The summed E-state index contributed by atoms with van der Waals surface area (Å²) in [6, 6.07) is 3.58. The second kappa shape index (κ2) is 4.17. The summed E-state index contributed by atoms with van der Waals surface area (Å²) in [6.07, 6.45) is 0. The molecule has 0 saturated heterocycles. The number of aromatic hydroxyl groups is 1. The number of hydrogen-bond donors (Lipinski definition) is 2. The van der Waals surface area contributed by atoms with Crippen LogP contribution in [-0.2, 0) is 0 Å². The first kappa shape index (κ1) is 11.6. The molecule has 5 nitrogen and oxygen atoms in total. The molecule has 0 radical (unpaired) electrons. The lowest BCUT2D eigenvalue weighted by atomic mass is 10.1. The maximum atomic E-state index is 13.2. The van der Waals surface area contributed by atoms with Crippen molar-refractivity contribution in [2.45, 2.75) is 0 Å². The number of carboxylic acids is 1. The zero-order valence-electron chi connectivity index (χ0n) is 8.15. The number of benzene rings is 1. The van der Waals surface area contributed by atoms with Gasteiger partial charge in [-0.3, -0.25) is 0 Å². The van der Waals surface area contributed by atoms with Crippen LogP contribution in [-0.4, -0.2) is 21.3 Å². The minimum absolute atomic E-state index is 0.0991. The molecule has 1 aromatic carbocycles. The van der Waals surface area contributed by atoms with Gasteiger partial charge < -0.3 is 14.7 Å². The summed E-state index contributed by atoms with van der Waals surface area (Å²) < 4.78 is 18.1. The van der Waals surface area contributed by atoms with E-state index >= 15 is 0 Å². The zero-order valence-corrected chi connectivity index (χ0v) is 9.73. The number of hydrogen-bond acceptors (Lipinski definition) is 4. The highest BCUT2D eigenvalue weighted by molar-refractivity contribution is 9.10. The Kier molecular flexibility index (Phi) is 2.84. The number of rotatable bonds is 2. The Morgan fingerprint density at radius 1 is 1.41 bits per heavy atom. The number of carbonyl (C=O) groups is 1. The highest BCUT2D eigenvalue weighted by atomic mass is 79.9. The molecule has 17 heavy (non-hydrogen) atoms. The van der Waals surface area contributed by atoms with Crippen molar-refractivity contribution in [2.75, 3.05) is 0 Å². The standard InChI is InChI=1S/C10H5BrFNO4/c11-5-1-4(2-6(12)9(5)14)8-3-7(10(15)16)13-17-8/h1-3,14H,(H,15,16). The molecule has 0 aliphatic carbocycles. The SMILES string of the molecule is O=C(O)c1cc(-c2cc(F)c(O)c(Br)c2)on1. The fraction of sp³-hybridized carbons (Fsp3) is 0. The predicted octanol–water partition coefficient (Wildman–Crippen LogP) is 2.65. The van der Waals surface area contributed by atoms with Gasteiger partial charge in [0.1, 0.15) is 0 Å². The number of phenolic OH excluding ortho intramolecular Hbond substituents is 1. The highest BCUT2D eigenvalue weighted by Crippen LogP contribution is 2.32. The quantitative estimate of drug-likeness (QED) is 0.891. The lowest BCUT2D eigenvalue weighted by Gasteiger charge is -2.01. The van der Waals surface area contributed by atoms with Crippen molar-refractivity contribution in [3.63, 3.8) is 0 Å². The van der Waals surface area contributed by atoms with Crippen molar-refractivity contribution in [3.05, 3.63) is 34.2 Å². The average molecular weight is 302 g/mol. The lowest BCUT2D eigenvalue weighted by Crippen LogP contribution is -1.94. The van der Waals surface area contributed by atoms with E-state index in [9.17, 15) is 14.3 Å². The average Bonchev–Trinajstić information content (AvgIpc) is 2.74. The van der Waals surface area contributed by atoms with Gasteiger partial charge in [-0.2, -0.15) is 0 Å². The van der Waals surface area contributed by atoms with Gasteiger partial charge in [-0.1, -0.05) is 5.16 Å². The van der Waals surface area contributed by atoms with Gasteiger partial charge >= 0.3 is 5.97 Å². The molecular weight excluding hydrogens is 297 g/mol. The third-order valence-electron chi connectivity index (χ3n) is 2.03. The largest absolute Gasteiger partial charge is 0.504 e. The Morgan fingerprint density at radius 2 is 2.12 bits per heavy atom. The molecule has 0 aliphatic rings. The van der Waals surface area contributed by atoms with Gasteiger partial charge in [-0.15, -0.1) is 0 Å². The van der Waals surface area contributed by atoms with Gasteiger partial charge in [0, 0.05) is 11.6 Å². The van der Waals surface area contributed by atoms with Crippen molar-refractivity contribution < 1.29 is 23.9 Å². The molecule has 2 N–H and O–H groups in total. The van der Waals surface area contributed by atoms with Crippen molar-refractivity contribution >= 4 is 21.9 Å². The van der Waals surface area contributed by atoms with Crippen LogP contribution < -0.4 is 0 Å². The minimum atomic E-state index is -1.24. The summed E-state index contributed by atoms with van der Waals surface area (Å²) in [4.78, 5) is 10.6. The van der Waals surface area contributed by atoms with E-state index in [-0.39, 0.29) is 21.5 Å². The van der Waals surface area contributed by atoms with Crippen LogP contribution in [0.25, 0.3) is 11.3 Å². The molecule has 7 heteroatoms. The van der Waals surface area contributed by atoms with Crippen LogP contribution >= 0.6 is 15.9 Å². The van der Waals surface area contributed by atoms with E-state index in [1.165, 1.54) is 12.1 Å². The molecule has 2 rings (SSSR count). The smallest absolute Gasteiger partial charge is 0.358 e. The monoisotopic (exact) mass is 301 g/mol. The highest BCUT2D eigenvalue weighted by Gasteiger charge is 2.15. The van der Waals surface area contributed by atoms with E-state index in [1.54, 1.807) is 0 Å². The molecule has 0 aliphatic heterocycles. The van der Waals surface area contributed by atoms with Crippen LogP contribution in [0.15, 0.2) is 27.2 Å². The Hall–Kier alpha value is -1.89. The number of phenols is 1. The van der Waals surface area contributed by atoms with Gasteiger partial charge in [-0.25, -0.2) is 9.18 Å². The minimum Gasteiger partial charge on any atom is -0.504 e. The third-order valence-corrected chi connectivity index (χ3v) is 2.64. The second-order valence-corrected chi connectivity index (χ2v) is 4.02. The summed E-state index contributed by atoms with van der Waals surface area (Å²) >= 11 is 2.96. The molecule has 0 saturated carbocycles. The van der Waals surface area contributed by atoms with E-state index in [0.29, 0.717) is 0 Å². The Balaban J connectivity index is 2.49. The van der Waals surface area contributed by atoms with Crippen LogP contribution in [0, 0.1) is 5.82 Å². The van der Waals surface area contributed by atoms with Gasteiger partial charge in [0.05, 0.1) is 4.47 Å². The molecule has 0 unspecified atom stereocenters. The Labute approximate surface area is 103 Å². The van der Waals surface area contributed by atoms with E-state index in [2.05, 4.69) is 21.1 Å². The van der Waals surface area contributed by atoms with E-state index in [1.807, 2.05) is 0 Å². The summed E-state index contributed by atoms with van der Waals surface area (Å²) in [5.74, 6) is -2.50. The molecule has 0 amide bonds. The number of halogens is 2. The molecule has 0 spiro atoms. The van der Waals surface area contributed by atoms with E-state index in [0.717, 1.165) is 6.07 Å². The molecule has 2 aromatic rings. The number of aromatic nitrogens is 1. The second-order valence-electron chi connectivity index (χ2n) is 3.17. The third kappa shape index (κ3) is 2.14. The lowest BCUT2D eigenvalue weighted by molar-refractivity contribution is 0.0686. The van der Waals surface area contributed by atoms with Gasteiger partial charge in [0.15, 0.2) is 23.0 Å². The normalized spacial score (nSPS) is 10.5. The van der Waals surface area contributed by atoms with Gasteiger partial charge in [0.2, 0.25) is 0 Å². The first-order valence-electron chi connectivity index (χ1n) is 4.37. The summed E-state index contributed by atoms with van der Waals surface area (Å²) in [7, 11) is 0. The van der Waals surface area contributed by atoms with Crippen molar-refractivity contribution in [1.82, 2.24) is 5.16 Å². The topological polar surface area (TPSA) is 83.6 Å². The molecule has 88 valence electrons. The first-order chi connectivity index (χ1) is 7.99. The van der Waals surface area contributed by atoms with E-state index < -0.39 is 17.5 Å². The van der Waals surface area contributed by atoms with E-state index in [4.69, 9.17) is 9.63 Å². The number of carboxylic acid groups (broad SMARTS) is 1. The van der Waals surface area contributed by atoms with Crippen LogP contribution in [0.3, 0.4) is 0 Å². The molecule has 0 atom stereocenters. The van der Waals surface area contributed by atoms with Crippen LogP contribution in [0.1, 0.15) is 10.5 Å². The Bertz CT molecular complexity index is 573. The van der Waals surface area contributed by atoms with Crippen molar-refractivity contribution in [1.29, 1.82) is 0 Å². The molecule has 0 bridgehead atoms. The zero-order chi connectivity index (χ0) is 12.6. The van der Waals surface area contributed by atoms with Crippen LogP contribution in [0.4, 0.5) is 4.39 Å². The summed E-state index contributed by atoms with van der Waals surface area (Å²) in [5, 5.41) is 21.2. The maximum Gasteiger partial charge on any atom is 0.358 e. The fourth-order valence-electron chi connectivity index (χ4n) is 1.22. The fourth-order valence-corrected chi connectivity index (χ4v) is 1.66. The van der Waals surface area contributed by atoms with Gasteiger partial charge in [0.25, 0.3) is 0 Å². The molecule has 0 fully saturated rings. The summed E-state index contributed by atoms with van der Waals surface area (Å²) in [6.45, 7) is 0. The first-order valence-corrected chi connectivity index (χ1v) is 5.16. The van der Waals surface area contributed by atoms with Gasteiger partial charge in [-0.05, 0) is 28.1 Å².